The fraction of sp³-hybridized carbons (Fsp3) is 0.714. The Kier molecular flexibility index (Phi) is 3.87. The lowest BCUT2D eigenvalue weighted by atomic mass is 9.92. The predicted octanol–water partition coefficient (Wildman–Crippen LogP) is 2.41. The molecule has 1 aliphatic heterocycles. The van der Waals surface area contributed by atoms with Crippen molar-refractivity contribution in [2.75, 3.05) is 13.1 Å². The van der Waals surface area contributed by atoms with E-state index in [0.717, 1.165) is 23.8 Å². The van der Waals surface area contributed by atoms with Gasteiger partial charge in [-0.3, -0.25) is 4.79 Å². The van der Waals surface area contributed by atoms with Crippen molar-refractivity contribution >= 4 is 17.1 Å². The number of nitrogens with zero attached hydrogens (tertiary/aromatic N) is 1. The molecule has 1 saturated heterocycles. The summed E-state index contributed by atoms with van der Waals surface area (Å²) < 4.78 is 0. The van der Waals surface area contributed by atoms with Gasteiger partial charge in [0.25, 0.3) is 0 Å². The van der Waals surface area contributed by atoms with Gasteiger partial charge in [0.05, 0.1) is 12.1 Å². The maximum atomic E-state index is 12.2. The molecule has 1 aromatic heterocycles. The molecular formula is C14H22N2OS. The Morgan fingerprint density at radius 2 is 2.22 bits per heavy atom. The van der Waals surface area contributed by atoms with Crippen LogP contribution in [0.5, 0.6) is 0 Å². The van der Waals surface area contributed by atoms with Crippen LogP contribution in [0.1, 0.15) is 38.4 Å². The molecule has 3 nitrogen and oxygen atoms in total. The van der Waals surface area contributed by atoms with E-state index >= 15 is 0 Å². The maximum absolute atomic E-state index is 12.2. The first-order valence-electron chi connectivity index (χ1n) is 6.56. The van der Waals surface area contributed by atoms with Crippen LogP contribution in [0.2, 0.25) is 0 Å². The fourth-order valence-electron chi connectivity index (χ4n) is 2.26. The SMILES string of the molecule is CC1CNCC1C(=O)Cc1nc(C(C)(C)C)cs1. The molecule has 1 aromatic rings. The van der Waals surface area contributed by atoms with Gasteiger partial charge in [-0.2, -0.15) is 0 Å². The van der Waals surface area contributed by atoms with Crippen molar-refractivity contribution in [3.05, 3.63) is 16.1 Å². The second kappa shape index (κ2) is 5.10. The van der Waals surface area contributed by atoms with Crippen LogP contribution >= 0.6 is 11.3 Å². The molecule has 2 unspecified atom stereocenters. The molecule has 1 N–H and O–H groups in total. The molecule has 2 rings (SSSR count). The largest absolute Gasteiger partial charge is 0.316 e. The zero-order valence-electron chi connectivity index (χ0n) is 11.6. The summed E-state index contributed by atoms with van der Waals surface area (Å²) in [6, 6.07) is 0. The molecule has 2 atom stereocenters. The van der Waals surface area contributed by atoms with Gasteiger partial charge < -0.3 is 5.32 Å². The van der Waals surface area contributed by atoms with Crippen LogP contribution in [0.25, 0.3) is 0 Å². The minimum absolute atomic E-state index is 0.0694. The zero-order chi connectivity index (χ0) is 13.3. The second-order valence-electron chi connectivity index (χ2n) is 6.26. The molecule has 0 aromatic carbocycles. The third-order valence-corrected chi connectivity index (χ3v) is 4.43. The average Bonchev–Trinajstić information content (AvgIpc) is 2.85. The molecule has 0 aliphatic carbocycles. The molecule has 18 heavy (non-hydrogen) atoms. The second-order valence-corrected chi connectivity index (χ2v) is 7.20. The van der Waals surface area contributed by atoms with E-state index in [1.807, 2.05) is 0 Å². The lowest BCUT2D eigenvalue weighted by Crippen LogP contribution is -2.23. The van der Waals surface area contributed by atoms with Crippen LogP contribution in [0, 0.1) is 11.8 Å². The molecule has 0 amide bonds. The summed E-state index contributed by atoms with van der Waals surface area (Å²) in [5, 5.41) is 6.32. The highest BCUT2D eigenvalue weighted by molar-refractivity contribution is 7.09. The van der Waals surface area contributed by atoms with Gasteiger partial charge in [0.1, 0.15) is 10.8 Å². The summed E-state index contributed by atoms with van der Waals surface area (Å²) in [7, 11) is 0. The van der Waals surface area contributed by atoms with Gasteiger partial charge in [0, 0.05) is 23.3 Å². The summed E-state index contributed by atoms with van der Waals surface area (Å²) in [5.74, 6) is 0.967. The standard InChI is InChI=1S/C14H22N2OS/c1-9-6-15-7-10(9)11(17)5-13-16-12(8-18-13)14(2,3)4/h8-10,15H,5-7H2,1-4H3. The number of Topliss-reactive ketones (excluding diaryl/α,β-unsaturated/α-hetero) is 1. The van der Waals surface area contributed by atoms with Crippen LogP contribution in [0.4, 0.5) is 0 Å². The first-order valence-corrected chi connectivity index (χ1v) is 7.44. The molecule has 4 heteroatoms. The smallest absolute Gasteiger partial charge is 0.144 e. The van der Waals surface area contributed by atoms with Gasteiger partial charge in [-0.15, -0.1) is 11.3 Å². The van der Waals surface area contributed by atoms with Gasteiger partial charge >= 0.3 is 0 Å². The number of thiazole rings is 1. The van der Waals surface area contributed by atoms with Gasteiger partial charge in [-0.1, -0.05) is 27.7 Å². The Balaban J connectivity index is 2.01. The van der Waals surface area contributed by atoms with Gasteiger partial charge in [-0.25, -0.2) is 4.98 Å². The molecule has 1 aliphatic rings. The van der Waals surface area contributed by atoms with Gasteiger partial charge in [0.2, 0.25) is 0 Å². The van der Waals surface area contributed by atoms with Gasteiger partial charge in [0.15, 0.2) is 0 Å². The fourth-order valence-corrected chi connectivity index (χ4v) is 3.29. The van der Waals surface area contributed by atoms with Crippen molar-refractivity contribution in [1.82, 2.24) is 10.3 Å². The number of aromatic nitrogens is 1. The van der Waals surface area contributed by atoms with Crippen LogP contribution in [0.15, 0.2) is 5.38 Å². The Hall–Kier alpha value is -0.740. The number of hydrogen-bond acceptors (Lipinski definition) is 4. The van der Waals surface area contributed by atoms with E-state index < -0.39 is 0 Å². The number of carbonyl (C=O) groups is 1. The number of carbonyl (C=O) groups excluding carboxylic acids is 1. The Labute approximate surface area is 113 Å². The molecular weight excluding hydrogens is 244 g/mol. The number of rotatable bonds is 3. The molecule has 100 valence electrons. The highest BCUT2D eigenvalue weighted by atomic mass is 32.1. The molecule has 0 spiro atoms. The van der Waals surface area contributed by atoms with Crippen LogP contribution in [-0.2, 0) is 16.6 Å². The first kappa shape index (κ1) is 13.7. The number of nitrogens with one attached hydrogen (secondary N) is 1. The zero-order valence-corrected chi connectivity index (χ0v) is 12.4. The summed E-state index contributed by atoms with van der Waals surface area (Å²) in [4.78, 5) is 16.8. The van der Waals surface area contributed by atoms with E-state index in [-0.39, 0.29) is 11.3 Å². The van der Waals surface area contributed by atoms with Crippen molar-refractivity contribution in [1.29, 1.82) is 0 Å². The first-order chi connectivity index (χ1) is 8.38. The quantitative estimate of drug-likeness (QED) is 0.913. The Bertz CT molecular complexity index is 433. The molecule has 0 bridgehead atoms. The van der Waals surface area contributed by atoms with E-state index in [1.165, 1.54) is 0 Å². The van der Waals surface area contributed by atoms with E-state index in [9.17, 15) is 4.79 Å². The molecule has 0 saturated carbocycles. The van der Waals surface area contributed by atoms with Crippen molar-refractivity contribution in [2.24, 2.45) is 11.8 Å². The minimum atomic E-state index is 0.0694. The minimum Gasteiger partial charge on any atom is -0.316 e. The summed E-state index contributed by atoms with van der Waals surface area (Å²) >= 11 is 1.61. The summed E-state index contributed by atoms with van der Waals surface area (Å²) in [5.41, 5.74) is 1.16. The number of ketones is 1. The number of hydrogen-bond donors (Lipinski definition) is 1. The third kappa shape index (κ3) is 2.98. The van der Waals surface area contributed by atoms with Crippen LogP contribution in [-0.4, -0.2) is 23.9 Å². The van der Waals surface area contributed by atoms with E-state index in [4.69, 9.17) is 0 Å². The van der Waals surface area contributed by atoms with Gasteiger partial charge in [-0.05, 0) is 12.5 Å². The van der Waals surface area contributed by atoms with Crippen molar-refractivity contribution in [3.8, 4) is 0 Å². The topological polar surface area (TPSA) is 42.0 Å². The lowest BCUT2D eigenvalue weighted by Gasteiger charge is -2.14. The predicted molar refractivity (Wildman–Crippen MR) is 75.0 cm³/mol. The third-order valence-electron chi connectivity index (χ3n) is 3.58. The highest BCUT2D eigenvalue weighted by Gasteiger charge is 2.30. The molecule has 0 radical (unpaired) electrons. The average molecular weight is 266 g/mol. The van der Waals surface area contributed by atoms with Crippen molar-refractivity contribution in [2.45, 2.75) is 39.5 Å². The van der Waals surface area contributed by atoms with Crippen molar-refractivity contribution in [3.63, 3.8) is 0 Å². The normalized spacial score (nSPS) is 24.4. The molecule has 2 heterocycles. The highest BCUT2D eigenvalue weighted by Crippen LogP contribution is 2.25. The Morgan fingerprint density at radius 3 is 2.72 bits per heavy atom. The van der Waals surface area contributed by atoms with E-state index in [0.29, 0.717) is 18.1 Å². The van der Waals surface area contributed by atoms with Crippen molar-refractivity contribution < 1.29 is 4.79 Å². The summed E-state index contributed by atoms with van der Waals surface area (Å²) in [6.45, 7) is 10.4. The Morgan fingerprint density at radius 1 is 1.50 bits per heavy atom. The molecule has 1 fully saturated rings. The summed E-state index contributed by atoms with van der Waals surface area (Å²) in [6.07, 6.45) is 0.497. The maximum Gasteiger partial charge on any atom is 0.144 e. The lowest BCUT2D eigenvalue weighted by molar-refractivity contribution is -0.122. The monoisotopic (exact) mass is 266 g/mol. The van der Waals surface area contributed by atoms with Crippen LogP contribution in [0.3, 0.4) is 0 Å². The van der Waals surface area contributed by atoms with E-state index in [2.05, 4.69) is 43.4 Å². The van der Waals surface area contributed by atoms with Crippen LogP contribution < -0.4 is 5.32 Å². The van der Waals surface area contributed by atoms with E-state index in [1.54, 1.807) is 11.3 Å².